The van der Waals surface area contributed by atoms with Crippen molar-refractivity contribution in [2.75, 3.05) is 18.5 Å². The molecule has 1 aliphatic heterocycles. The molecule has 7 nitrogen and oxygen atoms in total. The Bertz CT molecular complexity index is 1080. The van der Waals surface area contributed by atoms with Crippen molar-refractivity contribution in [1.29, 1.82) is 0 Å². The van der Waals surface area contributed by atoms with Gasteiger partial charge in [0.05, 0.1) is 34.8 Å². The zero-order chi connectivity index (χ0) is 23.5. The standard InChI is InChI=1S/C17H17Cl2N3O2S.C2HF3O2/c18-13-6-12(21-7-9-2-1-4-24-9)17-15(22-13)14(19)16(25-17)10-3-5-23-8-11(10)20;3-2(4,5)1(6)7/h1-2,4,6,10-11H,3,5,7-8,20H2,(H,21,22);(H,6,7)/t10-,11-;/m0./s1. The number of halogens is 5. The molecule has 3 aromatic heterocycles. The summed E-state index contributed by atoms with van der Waals surface area (Å²) in [5, 5.41) is 11.5. The molecule has 13 heteroatoms. The van der Waals surface area contributed by atoms with Crippen molar-refractivity contribution in [3.8, 4) is 0 Å². The first kappa shape index (κ1) is 24.6. The number of fused-ring (bicyclic) bond motifs is 1. The number of anilines is 1. The maximum absolute atomic E-state index is 10.6. The van der Waals surface area contributed by atoms with E-state index >= 15 is 0 Å². The topological polar surface area (TPSA) is 111 Å². The van der Waals surface area contributed by atoms with Gasteiger partial charge >= 0.3 is 12.1 Å². The fourth-order valence-electron chi connectivity index (χ4n) is 3.08. The number of hydrogen-bond donors (Lipinski definition) is 3. The number of ether oxygens (including phenoxy) is 1. The van der Waals surface area contributed by atoms with Crippen LogP contribution in [0.15, 0.2) is 28.9 Å². The highest BCUT2D eigenvalue weighted by atomic mass is 35.5. The predicted octanol–water partition coefficient (Wildman–Crippen LogP) is 5.27. The zero-order valence-electron chi connectivity index (χ0n) is 16.3. The molecule has 0 radical (unpaired) electrons. The van der Waals surface area contributed by atoms with Crippen LogP contribution in [-0.4, -0.2) is 41.5 Å². The van der Waals surface area contributed by atoms with Crippen LogP contribution in [0.3, 0.4) is 0 Å². The first-order valence-corrected chi connectivity index (χ1v) is 10.8. The highest BCUT2D eigenvalue weighted by Gasteiger charge is 2.38. The summed E-state index contributed by atoms with van der Waals surface area (Å²) in [6.45, 7) is 1.80. The lowest BCUT2D eigenvalue weighted by Gasteiger charge is -2.28. The van der Waals surface area contributed by atoms with Gasteiger partial charge in [-0.15, -0.1) is 11.3 Å². The number of alkyl halides is 3. The Morgan fingerprint density at radius 1 is 1.41 bits per heavy atom. The van der Waals surface area contributed by atoms with Crippen LogP contribution >= 0.6 is 34.5 Å². The number of hydrogen-bond acceptors (Lipinski definition) is 7. The van der Waals surface area contributed by atoms with Gasteiger partial charge < -0.3 is 25.3 Å². The highest BCUT2D eigenvalue weighted by molar-refractivity contribution is 7.20. The van der Waals surface area contributed by atoms with Gasteiger partial charge in [0, 0.05) is 29.5 Å². The SMILES string of the molecule is N[C@H]1COCC[C@@H]1c1sc2c(NCc3ccco3)cc(Cl)nc2c1Cl.O=C(O)C(F)(F)F. The van der Waals surface area contributed by atoms with Crippen LogP contribution in [0.5, 0.6) is 0 Å². The summed E-state index contributed by atoms with van der Waals surface area (Å²) in [6.07, 6.45) is -2.57. The fraction of sp³-hybridized carbons (Fsp3) is 0.368. The number of carbonyl (C=O) groups is 1. The summed E-state index contributed by atoms with van der Waals surface area (Å²) in [6, 6.07) is 5.53. The van der Waals surface area contributed by atoms with Crippen LogP contribution in [0.1, 0.15) is 23.0 Å². The minimum Gasteiger partial charge on any atom is -0.475 e. The molecule has 0 aromatic carbocycles. The number of aromatic nitrogens is 1. The molecular weight excluding hydrogens is 494 g/mol. The molecule has 4 rings (SSSR count). The normalized spacial score (nSPS) is 18.8. The molecule has 0 saturated carbocycles. The smallest absolute Gasteiger partial charge is 0.475 e. The maximum Gasteiger partial charge on any atom is 0.490 e. The van der Waals surface area contributed by atoms with Gasteiger partial charge in [-0.25, -0.2) is 9.78 Å². The first-order chi connectivity index (χ1) is 15.1. The van der Waals surface area contributed by atoms with Gasteiger partial charge in [0.15, 0.2) is 0 Å². The number of nitrogens with one attached hydrogen (secondary N) is 1. The molecule has 1 saturated heterocycles. The predicted molar refractivity (Wildman–Crippen MR) is 116 cm³/mol. The van der Waals surface area contributed by atoms with E-state index in [1.807, 2.05) is 18.2 Å². The average molecular weight is 512 g/mol. The molecule has 0 amide bonds. The summed E-state index contributed by atoms with van der Waals surface area (Å²) < 4.78 is 43.5. The Hall–Kier alpha value is -2.05. The lowest BCUT2D eigenvalue weighted by Crippen LogP contribution is -2.37. The molecule has 0 bridgehead atoms. The van der Waals surface area contributed by atoms with Crippen molar-refractivity contribution in [2.45, 2.75) is 31.1 Å². The van der Waals surface area contributed by atoms with E-state index in [0.29, 0.717) is 29.9 Å². The van der Waals surface area contributed by atoms with E-state index in [1.165, 1.54) is 0 Å². The maximum atomic E-state index is 10.6. The van der Waals surface area contributed by atoms with Gasteiger partial charge in [0.2, 0.25) is 0 Å². The summed E-state index contributed by atoms with van der Waals surface area (Å²) in [5.41, 5.74) is 7.85. The van der Waals surface area contributed by atoms with E-state index < -0.39 is 12.1 Å². The van der Waals surface area contributed by atoms with Crippen LogP contribution in [0, 0.1) is 0 Å². The van der Waals surface area contributed by atoms with Crippen LogP contribution in [0.4, 0.5) is 18.9 Å². The van der Waals surface area contributed by atoms with Crippen molar-refractivity contribution in [3.05, 3.63) is 45.3 Å². The molecule has 4 N–H and O–H groups in total. The van der Waals surface area contributed by atoms with Gasteiger partial charge in [-0.1, -0.05) is 23.2 Å². The summed E-state index contributed by atoms with van der Waals surface area (Å²) in [4.78, 5) is 14.4. The minimum atomic E-state index is -5.08. The van der Waals surface area contributed by atoms with Gasteiger partial charge in [0.25, 0.3) is 0 Å². The van der Waals surface area contributed by atoms with Crippen molar-refractivity contribution >= 4 is 56.4 Å². The van der Waals surface area contributed by atoms with Crippen molar-refractivity contribution in [3.63, 3.8) is 0 Å². The van der Waals surface area contributed by atoms with Gasteiger partial charge in [-0.2, -0.15) is 13.2 Å². The van der Waals surface area contributed by atoms with Crippen molar-refractivity contribution in [2.24, 2.45) is 5.73 Å². The van der Waals surface area contributed by atoms with E-state index in [-0.39, 0.29) is 12.0 Å². The molecule has 1 aliphatic rings. The van der Waals surface area contributed by atoms with Crippen LogP contribution in [0.25, 0.3) is 10.2 Å². The fourth-order valence-corrected chi connectivity index (χ4v) is 5.05. The Labute approximate surface area is 194 Å². The third-order valence-corrected chi connectivity index (χ3v) is 6.62. The first-order valence-electron chi connectivity index (χ1n) is 9.26. The number of nitrogens with two attached hydrogens (primary N) is 1. The molecule has 0 unspecified atom stereocenters. The number of aliphatic carboxylic acids is 1. The number of pyridine rings is 1. The van der Waals surface area contributed by atoms with Gasteiger partial charge in [-0.05, 0) is 18.6 Å². The largest absolute Gasteiger partial charge is 0.490 e. The molecule has 0 aliphatic carbocycles. The number of nitrogens with zero attached hydrogens (tertiary/aromatic N) is 1. The molecule has 174 valence electrons. The van der Waals surface area contributed by atoms with Crippen molar-refractivity contribution in [1.82, 2.24) is 4.98 Å². The Kier molecular flexibility index (Phi) is 7.88. The number of carboxylic acids is 1. The second kappa shape index (κ2) is 10.3. The minimum absolute atomic E-state index is 0.0608. The number of rotatable bonds is 4. The second-order valence-electron chi connectivity index (χ2n) is 6.82. The highest BCUT2D eigenvalue weighted by Crippen LogP contribution is 2.45. The molecular formula is C19H18Cl2F3N3O4S. The Morgan fingerprint density at radius 3 is 2.72 bits per heavy atom. The molecule has 4 heterocycles. The third-order valence-electron chi connectivity index (χ3n) is 4.59. The van der Waals surface area contributed by atoms with E-state index in [1.54, 1.807) is 17.6 Å². The molecule has 1 fully saturated rings. The third kappa shape index (κ3) is 5.84. The quantitative estimate of drug-likeness (QED) is 0.409. The van der Waals surface area contributed by atoms with Crippen LogP contribution < -0.4 is 11.1 Å². The van der Waals surface area contributed by atoms with Crippen LogP contribution in [-0.2, 0) is 16.1 Å². The van der Waals surface area contributed by atoms with E-state index in [2.05, 4.69) is 10.3 Å². The summed E-state index contributed by atoms with van der Waals surface area (Å²) >= 11 is 14.5. The summed E-state index contributed by atoms with van der Waals surface area (Å²) in [7, 11) is 0. The van der Waals surface area contributed by atoms with E-state index in [9.17, 15) is 13.2 Å². The monoisotopic (exact) mass is 511 g/mol. The van der Waals surface area contributed by atoms with Gasteiger partial charge in [-0.3, -0.25) is 0 Å². The lowest BCUT2D eigenvalue weighted by molar-refractivity contribution is -0.192. The number of carboxylic acid groups (broad SMARTS) is 1. The molecule has 2 atom stereocenters. The van der Waals surface area contributed by atoms with Crippen LogP contribution in [0.2, 0.25) is 10.2 Å². The van der Waals surface area contributed by atoms with E-state index in [0.717, 1.165) is 33.0 Å². The summed E-state index contributed by atoms with van der Waals surface area (Å²) in [5.74, 6) is -1.74. The van der Waals surface area contributed by atoms with E-state index in [4.69, 9.17) is 48.0 Å². The zero-order valence-corrected chi connectivity index (χ0v) is 18.6. The van der Waals surface area contributed by atoms with Crippen molar-refractivity contribution < 1.29 is 32.2 Å². The Morgan fingerprint density at radius 2 is 2.12 bits per heavy atom. The molecule has 3 aromatic rings. The number of thiophene rings is 1. The average Bonchev–Trinajstić information content (AvgIpc) is 3.35. The Balaban J connectivity index is 0.000000360. The molecule has 0 spiro atoms. The second-order valence-corrected chi connectivity index (χ2v) is 8.64. The van der Waals surface area contributed by atoms with Gasteiger partial charge in [0.1, 0.15) is 16.4 Å². The lowest BCUT2D eigenvalue weighted by atomic mass is 9.94. The molecule has 32 heavy (non-hydrogen) atoms. The number of furan rings is 1.